The number of halogens is 2. The molecule has 0 aliphatic heterocycles. The normalized spacial score (nSPS) is 12.1. The molecule has 1 unspecified atom stereocenters. The first-order valence-corrected chi connectivity index (χ1v) is 7.38. The molecule has 2 aromatic carbocycles. The molecule has 1 atom stereocenters. The molecule has 0 spiro atoms. The van der Waals surface area contributed by atoms with Crippen molar-refractivity contribution in [3.63, 3.8) is 0 Å². The highest BCUT2D eigenvalue weighted by molar-refractivity contribution is 14.1. The van der Waals surface area contributed by atoms with Crippen LogP contribution in [-0.2, 0) is 0 Å². The summed E-state index contributed by atoms with van der Waals surface area (Å²) in [5, 5.41) is 11.2. The molecule has 2 rings (SSSR count). The summed E-state index contributed by atoms with van der Waals surface area (Å²) >= 11 is 8.18. The molecule has 106 valence electrons. The second-order valence-electron chi connectivity index (χ2n) is 4.15. The molecule has 0 amide bonds. The van der Waals surface area contributed by atoms with Gasteiger partial charge in [0.2, 0.25) is 0 Å². The Balaban J connectivity index is 2.53. The molecule has 5 heteroatoms. The first-order valence-electron chi connectivity index (χ1n) is 5.92. The van der Waals surface area contributed by atoms with Gasteiger partial charge in [-0.2, -0.15) is 0 Å². The summed E-state index contributed by atoms with van der Waals surface area (Å²) in [6.07, 6.45) is -0.828. The molecule has 0 aliphatic carbocycles. The number of hydrogen-bond acceptors (Lipinski definition) is 3. The predicted octanol–water partition coefficient (Wildman–Crippen LogP) is 4.04. The van der Waals surface area contributed by atoms with Gasteiger partial charge in [0.15, 0.2) is 11.5 Å². The van der Waals surface area contributed by atoms with Gasteiger partial charge in [0, 0.05) is 14.2 Å². The van der Waals surface area contributed by atoms with Crippen LogP contribution in [0.3, 0.4) is 0 Å². The van der Waals surface area contributed by atoms with Crippen LogP contribution in [0.1, 0.15) is 17.2 Å². The molecule has 1 N–H and O–H groups in total. The van der Waals surface area contributed by atoms with Gasteiger partial charge in [0.05, 0.1) is 14.2 Å². The third-order valence-corrected chi connectivity index (χ3v) is 4.20. The zero-order valence-electron chi connectivity index (χ0n) is 11.1. The Morgan fingerprint density at radius 2 is 1.85 bits per heavy atom. The summed E-state index contributed by atoms with van der Waals surface area (Å²) in [4.78, 5) is 0. The maximum absolute atomic E-state index is 10.6. The lowest BCUT2D eigenvalue weighted by molar-refractivity contribution is 0.212. The van der Waals surface area contributed by atoms with E-state index in [1.54, 1.807) is 32.4 Å². The van der Waals surface area contributed by atoms with Crippen LogP contribution in [0, 0.1) is 3.57 Å². The first-order chi connectivity index (χ1) is 9.58. The molecule has 0 saturated heterocycles. The Morgan fingerprint density at radius 3 is 2.50 bits per heavy atom. The molecule has 0 saturated carbocycles. The van der Waals surface area contributed by atoms with Crippen molar-refractivity contribution in [2.75, 3.05) is 14.2 Å². The third kappa shape index (κ3) is 3.02. The topological polar surface area (TPSA) is 38.7 Å². The Bertz CT molecular complexity index is 616. The van der Waals surface area contributed by atoms with Gasteiger partial charge in [0.25, 0.3) is 0 Å². The van der Waals surface area contributed by atoms with Crippen molar-refractivity contribution in [2.24, 2.45) is 0 Å². The number of methoxy groups -OCH3 is 2. The number of benzene rings is 2. The molecule has 0 fully saturated rings. The molecular weight excluding hydrogens is 391 g/mol. The van der Waals surface area contributed by atoms with Crippen LogP contribution in [-0.4, -0.2) is 19.3 Å². The highest BCUT2D eigenvalue weighted by atomic mass is 127. The van der Waals surface area contributed by atoms with E-state index < -0.39 is 6.10 Å². The van der Waals surface area contributed by atoms with E-state index in [1.165, 1.54) is 0 Å². The fraction of sp³-hybridized carbons (Fsp3) is 0.200. The molecular formula is C15H14ClIO3. The summed E-state index contributed by atoms with van der Waals surface area (Å²) in [5.74, 6) is 1.11. The monoisotopic (exact) mass is 404 g/mol. The molecule has 20 heavy (non-hydrogen) atoms. The van der Waals surface area contributed by atoms with Crippen LogP contribution >= 0.6 is 34.2 Å². The highest BCUT2D eigenvalue weighted by Gasteiger charge is 2.20. The zero-order chi connectivity index (χ0) is 14.7. The summed E-state index contributed by atoms with van der Waals surface area (Å²) in [5.41, 5.74) is 1.39. The van der Waals surface area contributed by atoms with Gasteiger partial charge >= 0.3 is 0 Å². The van der Waals surface area contributed by atoms with Gasteiger partial charge in [0.1, 0.15) is 6.10 Å². The fourth-order valence-electron chi connectivity index (χ4n) is 2.02. The minimum absolute atomic E-state index is 0.526. The number of ether oxygens (including phenoxy) is 2. The second-order valence-corrected chi connectivity index (χ2v) is 5.75. The van der Waals surface area contributed by atoms with Gasteiger partial charge in [-0.25, -0.2) is 0 Å². The minimum atomic E-state index is -0.828. The van der Waals surface area contributed by atoms with Gasteiger partial charge in [-0.15, -0.1) is 0 Å². The lowest BCUT2D eigenvalue weighted by Gasteiger charge is -2.18. The van der Waals surface area contributed by atoms with Crippen molar-refractivity contribution < 1.29 is 14.6 Å². The van der Waals surface area contributed by atoms with E-state index >= 15 is 0 Å². The summed E-state index contributed by atoms with van der Waals surface area (Å²) in [6.45, 7) is 0. The minimum Gasteiger partial charge on any atom is -0.493 e. The Hall–Kier alpha value is -0.980. The van der Waals surface area contributed by atoms with Gasteiger partial charge < -0.3 is 14.6 Å². The number of hydrogen-bond donors (Lipinski definition) is 1. The van der Waals surface area contributed by atoms with Crippen molar-refractivity contribution in [2.45, 2.75) is 6.10 Å². The molecule has 0 aliphatic rings. The van der Waals surface area contributed by atoms with E-state index in [9.17, 15) is 5.11 Å². The molecule has 0 aromatic heterocycles. The zero-order valence-corrected chi connectivity index (χ0v) is 14.0. The Morgan fingerprint density at radius 1 is 1.10 bits per heavy atom. The molecule has 2 aromatic rings. The summed E-state index contributed by atoms with van der Waals surface area (Å²) < 4.78 is 11.5. The average molecular weight is 405 g/mol. The van der Waals surface area contributed by atoms with E-state index in [4.69, 9.17) is 21.1 Å². The number of aliphatic hydroxyl groups is 1. The quantitative estimate of drug-likeness (QED) is 0.782. The van der Waals surface area contributed by atoms with Crippen molar-refractivity contribution in [1.29, 1.82) is 0 Å². The summed E-state index contributed by atoms with van der Waals surface area (Å²) in [6, 6.07) is 10.8. The largest absolute Gasteiger partial charge is 0.493 e. The van der Waals surface area contributed by atoms with Crippen molar-refractivity contribution in [3.05, 3.63) is 56.1 Å². The highest BCUT2D eigenvalue weighted by Crippen LogP contribution is 2.38. The van der Waals surface area contributed by atoms with Crippen LogP contribution in [0.2, 0.25) is 5.02 Å². The molecule has 3 nitrogen and oxygen atoms in total. The van der Waals surface area contributed by atoms with E-state index in [2.05, 4.69) is 22.6 Å². The van der Waals surface area contributed by atoms with E-state index in [0.29, 0.717) is 22.1 Å². The van der Waals surface area contributed by atoms with Gasteiger partial charge in [-0.1, -0.05) is 23.7 Å². The summed E-state index contributed by atoms with van der Waals surface area (Å²) in [7, 11) is 3.12. The Kier molecular flexibility index (Phi) is 5.12. The van der Waals surface area contributed by atoms with Gasteiger partial charge in [-0.3, -0.25) is 0 Å². The maximum atomic E-state index is 10.6. The predicted molar refractivity (Wildman–Crippen MR) is 87.8 cm³/mol. The number of aliphatic hydroxyl groups excluding tert-OH is 1. The lowest BCUT2D eigenvalue weighted by Crippen LogP contribution is -2.05. The first kappa shape index (κ1) is 15.4. The number of para-hydroxylation sites is 1. The van der Waals surface area contributed by atoms with Crippen LogP contribution in [0.4, 0.5) is 0 Å². The molecule has 0 radical (unpaired) electrons. The lowest BCUT2D eigenvalue weighted by atomic mass is 10.0. The van der Waals surface area contributed by atoms with Gasteiger partial charge in [-0.05, 0) is 52.4 Å². The molecule has 0 bridgehead atoms. The smallest absolute Gasteiger partial charge is 0.166 e. The van der Waals surface area contributed by atoms with Crippen LogP contribution in [0.5, 0.6) is 11.5 Å². The van der Waals surface area contributed by atoms with Crippen molar-refractivity contribution in [3.8, 4) is 11.5 Å². The standard InChI is InChI=1S/C15H14ClIO3/c1-19-13-5-3-4-10(15(13)20-2)14(18)11-8-9(16)6-7-12(11)17/h3-8,14,18H,1-2H3. The fourth-order valence-corrected chi connectivity index (χ4v) is 2.83. The van der Waals surface area contributed by atoms with Crippen LogP contribution in [0.25, 0.3) is 0 Å². The molecule has 0 heterocycles. The number of rotatable bonds is 4. The van der Waals surface area contributed by atoms with E-state index in [0.717, 1.165) is 9.13 Å². The van der Waals surface area contributed by atoms with Crippen LogP contribution in [0.15, 0.2) is 36.4 Å². The second kappa shape index (κ2) is 6.65. The maximum Gasteiger partial charge on any atom is 0.166 e. The van der Waals surface area contributed by atoms with Crippen molar-refractivity contribution >= 4 is 34.2 Å². The van der Waals surface area contributed by atoms with Crippen molar-refractivity contribution in [1.82, 2.24) is 0 Å². The average Bonchev–Trinajstić information content (AvgIpc) is 2.48. The van der Waals surface area contributed by atoms with Crippen LogP contribution < -0.4 is 9.47 Å². The van der Waals surface area contributed by atoms with E-state index in [1.807, 2.05) is 18.2 Å². The SMILES string of the molecule is COc1cccc(C(O)c2cc(Cl)ccc2I)c1OC. The van der Waals surface area contributed by atoms with E-state index in [-0.39, 0.29) is 0 Å². The Labute approximate surface area is 136 Å². The third-order valence-electron chi connectivity index (χ3n) is 2.98.